The van der Waals surface area contributed by atoms with Crippen molar-refractivity contribution in [2.45, 2.75) is 6.18 Å². The lowest BCUT2D eigenvalue weighted by molar-refractivity contribution is -0.156. The van der Waals surface area contributed by atoms with Gasteiger partial charge < -0.3 is 13.9 Å². The maximum atomic E-state index is 13.3. The van der Waals surface area contributed by atoms with Crippen LogP contribution in [-0.4, -0.2) is 56.1 Å². The topological polar surface area (TPSA) is 132 Å². The number of H-pyrrole nitrogens is 1. The van der Waals surface area contributed by atoms with Gasteiger partial charge in [-0.2, -0.15) is 13.2 Å². The summed E-state index contributed by atoms with van der Waals surface area (Å²) in [5, 5.41) is 12.3. The predicted octanol–water partition coefficient (Wildman–Crippen LogP) is 3.88. The second-order valence-corrected chi connectivity index (χ2v) is 7.20. The average molecular weight is 507 g/mol. The Morgan fingerprint density at radius 2 is 1.91 bits per heavy atom. The summed E-state index contributed by atoms with van der Waals surface area (Å²) in [5.74, 6) is -0.652. The highest BCUT2D eigenvalue weighted by Crippen LogP contribution is 2.38. The molecule has 0 saturated carbocycles. The molecule has 15 heteroatoms. The SMILES string of the molecule is COc1ccc(-c2nc(C(F)(F)F)oc2-c2ccc(OCCN(C(=O)S)c3nnn[nH]3)cc2)cn1. The van der Waals surface area contributed by atoms with E-state index in [4.69, 9.17) is 13.9 Å². The molecule has 0 aliphatic carbocycles. The highest BCUT2D eigenvalue weighted by molar-refractivity contribution is 7.96. The van der Waals surface area contributed by atoms with Crippen LogP contribution in [0.3, 0.4) is 0 Å². The Bertz CT molecular complexity index is 1280. The minimum Gasteiger partial charge on any atom is -0.492 e. The van der Waals surface area contributed by atoms with E-state index in [0.29, 0.717) is 22.8 Å². The highest BCUT2D eigenvalue weighted by atomic mass is 32.1. The van der Waals surface area contributed by atoms with Crippen molar-refractivity contribution in [3.8, 4) is 34.2 Å². The molecule has 0 atom stereocenters. The molecule has 0 unspecified atom stereocenters. The lowest BCUT2D eigenvalue weighted by atomic mass is 10.1. The number of aromatic amines is 1. The second kappa shape index (κ2) is 10.0. The first-order valence-electron chi connectivity index (χ1n) is 9.82. The minimum atomic E-state index is -4.77. The van der Waals surface area contributed by atoms with E-state index < -0.39 is 17.3 Å². The number of rotatable bonds is 8. The average Bonchev–Trinajstić information content (AvgIpc) is 3.52. The van der Waals surface area contributed by atoms with Crippen molar-refractivity contribution in [2.24, 2.45) is 0 Å². The Kier molecular flexibility index (Phi) is 6.86. The number of hydrogen-bond donors (Lipinski definition) is 2. The van der Waals surface area contributed by atoms with Gasteiger partial charge in [-0.1, -0.05) is 17.7 Å². The summed E-state index contributed by atoms with van der Waals surface area (Å²) in [5.41, 5.74) is 0.634. The van der Waals surface area contributed by atoms with Crippen molar-refractivity contribution in [1.29, 1.82) is 0 Å². The molecule has 1 N–H and O–H groups in total. The number of hydrogen-bond acceptors (Lipinski definition) is 9. The number of benzene rings is 1. The monoisotopic (exact) mass is 507 g/mol. The molecule has 4 aromatic rings. The molecule has 182 valence electrons. The van der Waals surface area contributed by atoms with Crippen molar-refractivity contribution in [3.63, 3.8) is 0 Å². The minimum absolute atomic E-state index is 0.0234. The number of aromatic nitrogens is 6. The number of ether oxygens (including phenoxy) is 2. The number of methoxy groups -OCH3 is 1. The molecule has 0 aliphatic heterocycles. The van der Waals surface area contributed by atoms with Crippen LogP contribution in [-0.2, 0) is 6.18 Å². The number of carbonyl (C=O) groups is 1. The molecule has 3 aromatic heterocycles. The molecular formula is C20H16F3N7O4S. The van der Waals surface area contributed by atoms with Gasteiger partial charge in [-0.3, -0.25) is 9.69 Å². The Morgan fingerprint density at radius 1 is 1.17 bits per heavy atom. The number of alkyl halides is 3. The summed E-state index contributed by atoms with van der Waals surface area (Å²) < 4.78 is 55.6. The van der Waals surface area contributed by atoms with Crippen molar-refractivity contribution >= 4 is 23.8 Å². The fourth-order valence-electron chi connectivity index (χ4n) is 2.99. The number of carbonyl (C=O) groups excluding carboxylic acids is 1. The molecule has 3 heterocycles. The smallest absolute Gasteiger partial charge is 0.468 e. The quantitative estimate of drug-likeness (QED) is 0.341. The van der Waals surface area contributed by atoms with E-state index in [1.807, 2.05) is 0 Å². The van der Waals surface area contributed by atoms with E-state index in [0.717, 1.165) is 0 Å². The number of tetrazole rings is 1. The zero-order chi connectivity index (χ0) is 25.0. The van der Waals surface area contributed by atoms with Gasteiger partial charge in [-0.25, -0.2) is 15.1 Å². The number of thiol groups is 1. The first-order valence-corrected chi connectivity index (χ1v) is 10.3. The Hall–Kier alpha value is -4.14. The second-order valence-electron chi connectivity index (χ2n) is 6.82. The first-order chi connectivity index (χ1) is 16.8. The van der Waals surface area contributed by atoms with E-state index >= 15 is 0 Å². The molecule has 1 aromatic carbocycles. The van der Waals surface area contributed by atoms with Crippen molar-refractivity contribution in [3.05, 3.63) is 48.5 Å². The lowest BCUT2D eigenvalue weighted by Gasteiger charge is -2.16. The number of pyridine rings is 1. The Morgan fingerprint density at radius 3 is 2.49 bits per heavy atom. The van der Waals surface area contributed by atoms with Gasteiger partial charge in [0.15, 0.2) is 5.76 Å². The van der Waals surface area contributed by atoms with Gasteiger partial charge in [0, 0.05) is 23.4 Å². The normalized spacial score (nSPS) is 11.3. The van der Waals surface area contributed by atoms with Crippen molar-refractivity contribution in [1.82, 2.24) is 30.6 Å². The van der Waals surface area contributed by atoms with E-state index in [2.05, 4.69) is 43.2 Å². The first kappa shape index (κ1) is 24.0. The molecule has 1 amide bonds. The summed E-state index contributed by atoms with van der Waals surface area (Å²) in [6, 6.07) is 9.18. The molecule has 0 fully saturated rings. The number of amides is 1. The summed E-state index contributed by atoms with van der Waals surface area (Å²) >= 11 is 3.77. The van der Waals surface area contributed by atoms with Gasteiger partial charge in [0.25, 0.3) is 5.24 Å². The van der Waals surface area contributed by atoms with E-state index in [9.17, 15) is 18.0 Å². The van der Waals surface area contributed by atoms with Gasteiger partial charge in [0.1, 0.15) is 18.1 Å². The third-order valence-electron chi connectivity index (χ3n) is 4.61. The number of nitrogens with one attached hydrogen (secondary N) is 1. The van der Waals surface area contributed by atoms with E-state index in [1.165, 1.54) is 42.5 Å². The predicted molar refractivity (Wildman–Crippen MR) is 118 cm³/mol. The van der Waals surface area contributed by atoms with Crippen LogP contribution in [0.5, 0.6) is 11.6 Å². The molecule has 0 radical (unpaired) electrons. The van der Waals surface area contributed by atoms with Gasteiger partial charge >= 0.3 is 12.1 Å². The third kappa shape index (κ3) is 5.51. The van der Waals surface area contributed by atoms with Crippen LogP contribution in [0.15, 0.2) is 47.0 Å². The lowest BCUT2D eigenvalue weighted by Crippen LogP contribution is -2.31. The van der Waals surface area contributed by atoms with Gasteiger partial charge in [-0.15, -0.1) is 0 Å². The summed E-state index contributed by atoms with van der Waals surface area (Å²) in [6.07, 6.45) is -3.43. The molecule has 0 saturated heterocycles. The van der Waals surface area contributed by atoms with Gasteiger partial charge in [0.05, 0.1) is 13.7 Å². The summed E-state index contributed by atoms with van der Waals surface area (Å²) in [4.78, 5) is 20.5. The van der Waals surface area contributed by atoms with Crippen LogP contribution in [0.1, 0.15) is 5.89 Å². The molecule has 0 spiro atoms. The number of oxazole rings is 1. The molecule has 35 heavy (non-hydrogen) atoms. The van der Waals surface area contributed by atoms with Gasteiger partial charge in [-0.05, 0) is 40.8 Å². The Balaban J connectivity index is 1.53. The molecule has 11 nitrogen and oxygen atoms in total. The Labute approximate surface area is 200 Å². The van der Waals surface area contributed by atoms with Gasteiger partial charge in [0.2, 0.25) is 11.8 Å². The van der Waals surface area contributed by atoms with E-state index in [-0.39, 0.29) is 30.6 Å². The van der Waals surface area contributed by atoms with E-state index in [1.54, 1.807) is 12.1 Å². The largest absolute Gasteiger partial charge is 0.492 e. The number of anilines is 1. The maximum absolute atomic E-state index is 13.3. The zero-order valence-corrected chi connectivity index (χ0v) is 18.7. The van der Waals surface area contributed by atoms with Crippen LogP contribution in [0.25, 0.3) is 22.6 Å². The van der Waals surface area contributed by atoms with Crippen LogP contribution < -0.4 is 14.4 Å². The van der Waals surface area contributed by atoms with Crippen LogP contribution in [0.2, 0.25) is 0 Å². The summed E-state index contributed by atoms with van der Waals surface area (Å²) in [6.45, 7) is 0.155. The fourth-order valence-corrected chi connectivity index (χ4v) is 3.19. The number of halogens is 3. The molecule has 4 rings (SSSR count). The highest BCUT2D eigenvalue weighted by Gasteiger charge is 2.39. The van der Waals surface area contributed by atoms with Crippen LogP contribution >= 0.6 is 12.6 Å². The number of nitrogens with zero attached hydrogens (tertiary/aromatic N) is 6. The van der Waals surface area contributed by atoms with Crippen LogP contribution in [0.4, 0.5) is 23.9 Å². The maximum Gasteiger partial charge on any atom is 0.468 e. The zero-order valence-electron chi connectivity index (χ0n) is 17.9. The van der Waals surface area contributed by atoms with Crippen molar-refractivity contribution < 1.29 is 31.9 Å². The molecule has 0 aliphatic rings. The fraction of sp³-hybridized carbons (Fsp3) is 0.200. The molecule has 0 bridgehead atoms. The third-order valence-corrected chi connectivity index (χ3v) is 4.85. The standard InChI is InChI=1S/C20H16F3N7O4S/c1-32-14-7-4-12(10-24-14)15-16(34-17(25-15)20(21,22)23)11-2-5-13(6-3-11)33-9-8-30(19(31)35)18-26-28-29-27-18/h2-7,10H,8-9H2,1H3,(H,31,35)(H,26,27,28,29). The summed E-state index contributed by atoms with van der Waals surface area (Å²) in [7, 11) is 1.42. The van der Waals surface area contributed by atoms with Crippen LogP contribution in [0, 0.1) is 0 Å². The molecular weight excluding hydrogens is 491 g/mol. The van der Waals surface area contributed by atoms with Crippen molar-refractivity contribution in [2.75, 3.05) is 25.2 Å².